The van der Waals surface area contributed by atoms with Gasteiger partial charge < -0.3 is 9.55 Å². The smallest absolute Gasteiger partial charge is 0.178 e. The van der Waals surface area contributed by atoms with Gasteiger partial charge in [-0.15, -0.1) is 0 Å². The maximum atomic E-state index is 6.24. The molecule has 0 amide bonds. The first-order valence-electron chi connectivity index (χ1n) is 6.96. The van der Waals surface area contributed by atoms with Gasteiger partial charge in [-0.3, -0.25) is 0 Å². The number of H-pyrrole nitrogens is 1. The third kappa shape index (κ3) is 2.23. The third-order valence-electron chi connectivity index (χ3n) is 4.64. The summed E-state index contributed by atoms with van der Waals surface area (Å²) in [6.07, 6.45) is 3.69. The van der Waals surface area contributed by atoms with Crippen molar-refractivity contribution in [2.24, 2.45) is 11.8 Å². The van der Waals surface area contributed by atoms with Crippen molar-refractivity contribution in [1.29, 1.82) is 0 Å². The van der Waals surface area contributed by atoms with E-state index in [1.165, 1.54) is 19.3 Å². The number of rotatable bonds is 1. The number of aromatic amines is 1. The van der Waals surface area contributed by atoms with Crippen LogP contribution in [0.1, 0.15) is 39.2 Å². The van der Waals surface area contributed by atoms with Crippen molar-refractivity contribution >= 4 is 34.9 Å². The molecule has 4 heteroatoms. The van der Waals surface area contributed by atoms with Crippen LogP contribution in [0.4, 0.5) is 0 Å². The summed E-state index contributed by atoms with van der Waals surface area (Å²) in [7, 11) is 0. The summed E-state index contributed by atoms with van der Waals surface area (Å²) in [5, 5.41) is 0.750. The maximum Gasteiger partial charge on any atom is 0.178 e. The fraction of sp³-hybridized carbons (Fsp3) is 0.533. The Hall–Kier alpha value is -0.800. The van der Waals surface area contributed by atoms with E-state index in [-0.39, 0.29) is 0 Å². The molecule has 102 valence electrons. The van der Waals surface area contributed by atoms with Crippen molar-refractivity contribution in [1.82, 2.24) is 9.55 Å². The standard InChI is InChI=1S/C15H19ClN2S/c1-9-6-7-11(8-10(9)2)18-13-5-3-4-12(16)14(13)17-15(18)19/h3-5,9-11H,6-8H2,1-2H3,(H,17,19). The Balaban J connectivity index is 2.08. The molecule has 1 fully saturated rings. The van der Waals surface area contributed by atoms with Crippen molar-refractivity contribution in [3.63, 3.8) is 0 Å². The lowest BCUT2D eigenvalue weighted by atomic mass is 9.79. The number of nitrogens with one attached hydrogen (secondary N) is 1. The second kappa shape index (κ2) is 4.95. The number of hydrogen-bond donors (Lipinski definition) is 1. The minimum atomic E-state index is 0.505. The van der Waals surface area contributed by atoms with Gasteiger partial charge >= 0.3 is 0 Å². The van der Waals surface area contributed by atoms with Gasteiger partial charge in [-0.25, -0.2) is 0 Å². The van der Waals surface area contributed by atoms with E-state index >= 15 is 0 Å². The molecule has 0 spiro atoms. The fourth-order valence-electron chi connectivity index (χ4n) is 3.23. The topological polar surface area (TPSA) is 20.7 Å². The van der Waals surface area contributed by atoms with Crippen LogP contribution in [0.2, 0.25) is 5.02 Å². The van der Waals surface area contributed by atoms with Crippen LogP contribution in [0.5, 0.6) is 0 Å². The van der Waals surface area contributed by atoms with E-state index < -0.39 is 0 Å². The molecular weight excluding hydrogens is 276 g/mol. The molecule has 1 saturated carbocycles. The van der Waals surface area contributed by atoms with Gasteiger partial charge in [0.1, 0.15) is 0 Å². The number of benzene rings is 1. The van der Waals surface area contributed by atoms with Crippen LogP contribution in [0.3, 0.4) is 0 Å². The Bertz CT molecular complexity index is 658. The fourth-order valence-corrected chi connectivity index (χ4v) is 3.80. The number of fused-ring (bicyclic) bond motifs is 1. The number of nitrogens with zero attached hydrogens (tertiary/aromatic N) is 1. The Morgan fingerprint density at radius 2 is 2.05 bits per heavy atom. The summed E-state index contributed by atoms with van der Waals surface area (Å²) in [4.78, 5) is 3.26. The zero-order chi connectivity index (χ0) is 13.6. The van der Waals surface area contributed by atoms with E-state index in [4.69, 9.17) is 23.8 Å². The van der Waals surface area contributed by atoms with Crippen LogP contribution in [-0.4, -0.2) is 9.55 Å². The van der Waals surface area contributed by atoms with Gasteiger partial charge in [0.2, 0.25) is 0 Å². The molecule has 1 heterocycles. The minimum Gasteiger partial charge on any atom is -0.329 e. The molecule has 0 saturated heterocycles. The lowest BCUT2D eigenvalue weighted by molar-refractivity contribution is 0.212. The van der Waals surface area contributed by atoms with Crippen LogP contribution in [0.25, 0.3) is 11.0 Å². The second-order valence-electron chi connectivity index (χ2n) is 5.86. The number of halogens is 1. The van der Waals surface area contributed by atoms with Gasteiger partial charge in [0.05, 0.1) is 16.1 Å². The van der Waals surface area contributed by atoms with Crippen molar-refractivity contribution in [2.45, 2.75) is 39.2 Å². The first-order valence-corrected chi connectivity index (χ1v) is 7.75. The Morgan fingerprint density at radius 3 is 2.79 bits per heavy atom. The SMILES string of the molecule is CC1CCC(n2c(=S)[nH]c3c(Cl)cccc32)CC1C. The normalized spacial score (nSPS) is 27.8. The predicted molar refractivity (Wildman–Crippen MR) is 83.3 cm³/mol. The minimum absolute atomic E-state index is 0.505. The molecule has 1 aliphatic carbocycles. The van der Waals surface area contributed by atoms with E-state index in [0.29, 0.717) is 6.04 Å². The van der Waals surface area contributed by atoms with Crippen molar-refractivity contribution in [3.05, 3.63) is 28.0 Å². The summed E-state index contributed by atoms with van der Waals surface area (Å²) >= 11 is 11.8. The van der Waals surface area contributed by atoms with Crippen LogP contribution < -0.4 is 0 Å². The summed E-state index contributed by atoms with van der Waals surface area (Å²) in [6.45, 7) is 4.70. The number of hydrogen-bond acceptors (Lipinski definition) is 1. The van der Waals surface area contributed by atoms with Gasteiger partial charge in [0, 0.05) is 6.04 Å². The lowest BCUT2D eigenvalue weighted by Gasteiger charge is -2.33. The molecule has 1 N–H and O–H groups in total. The molecule has 3 atom stereocenters. The van der Waals surface area contributed by atoms with Crippen molar-refractivity contribution in [2.75, 3.05) is 0 Å². The van der Waals surface area contributed by atoms with E-state index in [0.717, 1.165) is 32.7 Å². The molecule has 19 heavy (non-hydrogen) atoms. The molecule has 1 aromatic carbocycles. The number of para-hydroxylation sites is 1. The second-order valence-corrected chi connectivity index (χ2v) is 6.65. The Morgan fingerprint density at radius 1 is 1.26 bits per heavy atom. The van der Waals surface area contributed by atoms with Gasteiger partial charge in [-0.1, -0.05) is 31.5 Å². The number of aromatic nitrogens is 2. The molecule has 1 aromatic heterocycles. The van der Waals surface area contributed by atoms with Gasteiger partial charge in [-0.05, 0) is 55.4 Å². The summed E-state index contributed by atoms with van der Waals surface area (Å²) in [6, 6.07) is 6.52. The van der Waals surface area contributed by atoms with Crippen LogP contribution in [0, 0.1) is 16.6 Å². The predicted octanol–water partition coefficient (Wildman–Crippen LogP) is 5.35. The van der Waals surface area contributed by atoms with E-state index in [1.54, 1.807) is 0 Å². The highest BCUT2D eigenvalue weighted by Crippen LogP contribution is 2.38. The third-order valence-corrected chi connectivity index (χ3v) is 5.25. The molecule has 2 nitrogen and oxygen atoms in total. The van der Waals surface area contributed by atoms with E-state index in [1.807, 2.05) is 12.1 Å². The summed E-state index contributed by atoms with van der Waals surface area (Å²) in [5.41, 5.74) is 2.12. The molecule has 3 rings (SSSR count). The zero-order valence-corrected chi connectivity index (χ0v) is 12.9. The Labute approximate surface area is 123 Å². The first-order chi connectivity index (χ1) is 9.08. The summed E-state index contributed by atoms with van der Waals surface area (Å²) < 4.78 is 3.08. The van der Waals surface area contributed by atoms with Gasteiger partial charge in [0.25, 0.3) is 0 Å². The highest BCUT2D eigenvalue weighted by Gasteiger charge is 2.27. The molecule has 1 aliphatic rings. The highest BCUT2D eigenvalue weighted by atomic mass is 35.5. The van der Waals surface area contributed by atoms with Crippen LogP contribution >= 0.6 is 23.8 Å². The zero-order valence-electron chi connectivity index (χ0n) is 11.3. The van der Waals surface area contributed by atoms with Crippen LogP contribution in [-0.2, 0) is 0 Å². The van der Waals surface area contributed by atoms with E-state index in [9.17, 15) is 0 Å². The maximum absolute atomic E-state index is 6.24. The average molecular weight is 295 g/mol. The van der Waals surface area contributed by atoms with Crippen LogP contribution in [0.15, 0.2) is 18.2 Å². The summed E-state index contributed by atoms with van der Waals surface area (Å²) in [5.74, 6) is 1.57. The first kappa shape index (κ1) is 13.2. The highest BCUT2D eigenvalue weighted by molar-refractivity contribution is 7.71. The molecule has 2 aromatic rings. The average Bonchev–Trinajstić information content (AvgIpc) is 2.71. The molecule has 0 bridgehead atoms. The monoisotopic (exact) mass is 294 g/mol. The largest absolute Gasteiger partial charge is 0.329 e. The van der Waals surface area contributed by atoms with Crippen molar-refractivity contribution < 1.29 is 0 Å². The van der Waals surface area contributed by atoms with Gasteiger partial charge in [-0.2, -0.15) is 0 Å². The van der Waals surface area contributed by atoms with E-state index in [2.05, 4.69) is 29.5 Å². The quantitative estimate of drug-likeness (QED) is 0.703. The van der Waals surface area contributed by atoms with Gasteiger partial charge in [0.15, 0.2) is 4.77 Å². The molecule has 3 unspecified atom stereocenters. The lowest BCUT2D eigenvalue weighted by Crippen LogP contribution is -2.23. The molecular formula is C15H19ClN2S. The molecule has 0 radical (unpaired) electrons. The molecule has 0 aliphatic heterocycles. The number of imidazole rings is 1. The Kier molecular flexibility index (Phi) is 3.44. The van der Waals surface area contributed by atoms with Crippen molar-refractivity contribution in [3.8, 4) is 0 Å².